The van der Waals surface area contributed by atoms with E-state index in [9.17, 15) is 8.42 Å². The molecule has 0 saturated carbocycles. The van der Waals surface area contributed by atoms with Gasteiger partial charge in [-0.15, -0.1) is 0 Å². The Morgan fingerprint density at radius 1 is 1.71 bits per heavy atom. The molecule has 1 saturated heterocycles. The smallest absolute Gasteiger partial charge is 0.260 e. The largest absolute Gasteiger partial charge is 0.392 e. The fraction of sp³-hybridized carbons (Fsp3) is 0.667. The minimum atomic E-state index is -3.61. The summed E-state index contributed by atoms with van der Waals surface area (Å²) >= 11 is 0. The van der Waals surface area contributed by atoms with Crippen molar-refractivity contribution < 1.29 is 18.3 Å². The van der Waals surface area contributed by atoms with Crippen molar-refractivity contribution in [3.8, 4) is 0 Å². The van der Waals surface area contributed by atoms with Gasteiger partial charge in [-0.3, -0.25) is 5.10 Å². The molecule has 1 aromatic heterocycles. The third kappa shape index (κ3) is 2.21. The van der Waals surface area contributed by atoms with Crippen molar-refractivity contribution in [1.29, 1.82) is 0 Å². The van der Waals surface area contributed by atoms with Gasteiger partial charge < -0.3 is 9.84 Å². The number of rotatable bonds is 4. The quantitative estimate of drug-likeness (QED) is 0.748. The highest BCUT2D eigenvalue weighted by molar-refractivity contribution is 7.89. The Morgan fingerprint density at radius 3 is 3.06 bits per heavy atom. The number of H-pyrrole nitrogens is 1. The van der Waals surface area contributed by atoms with Crippen LogP contribution in [0.2, 0.25) is 0 Å². The first-order chi connectivity index (χ1) is 8.09. The number of hydrogen-bond acceptors (Lipinski definition) is 5. The van der Waals surface area contributed by atoms with E-state index >= 15 is 0 Å². The second kappa shape index (κ2) is 4.73. The van der Waals surface area contributed by atoms with Crippen LogP contribution in [0.1, 0.15) is 12.0 Å². The van der Waals surface area contributed by atoms with Crippen molar-refractivity contribution in [2.45, 2.75) is 24.2 Å². The number of nitrogens with one attached hydrogen (secondary N) is 1. The van der Waals surface area contributed by atoms with Crippen LogP contribution in [0.3, 0.4) is 0 Å². The van der Waals surface area contributed by atoms with Gasteiger partial charge in [-0.1, -0.05) is 0 Å². The van der Waals surface area contributed by atoms with Crippen LogP contribution < -0.4 is 0 Å². The van der Waals surface area contributed by atoms with Crippen molar-refractivity contribution in [3.05, 3.63) is 11.8 Å². The van der Waals surface area contributed by atoms with Crippen LogP contribution in [-0.2, 0) is 21.4 Å². The van der Waals surface area contributed by atoms with Gasteiger partial charge in [0.05, 0.1) is 18.9 Å². The molecule has 8 heteroatoms. The number of sulfonamides is 1. The number of ether oxygens (including phenoxy) is 1. The highest BCUT2D eigenvalue weighted by Crippen LogP contribution is 2.23. The summed E-state index contributed by atoms with van der Waals surface area (Å²) in [6, 6.07) is 0. The molecule has 0 bridgehead atoms. The van der Waals surface area contributed by atoms with Gasteiger partial charge in [0.2, 0.25) is 0 Å². The Balaban J connectivity index is 2.26. The van der Waals surface area contributed by atoms with Gasteiger partial charge in [0.15, 0.2) is 5.03 Å². The Morgan fingerprint density at radius 2 is 2.47 bits per heavy atom. The molecule has 0 spiro atoms. The second-order valence-corrected chi connectivity index (χ2v) is 5.77. The summed E-state index contributed by atoms with van der Waals surface area (Å²) < 4.78 is 30.9. The van der Waals surface area contributed by atoms with Crippen LogP contribution >= 0.6 is 0 Å². The van der Waals surface area contributed by atoms with E-state index in [0.717, 1.165) is 0 Å². The first-order valence-corrected chi connectivity index (χ1v) is 6.69. The molecule has 96 valence electrons. The summed E-state index contributed by atoms with van der Waals surface area (Å²) in [4.78, 5) is 0. The van der Waals surface area contributed by atoms with Crippen molar-refractivity contribution in [1.82, 2.24) is 14.5 Å². The molecule has 2 rings (SSSR count). The second-order valence-electron chi connectivity index (χ2n) is 3.89. The van der Waals surface area contributed by atoms with Crippen LogP contribution in [0.25, 0.3) is 0 Å². The van der Waals surface area contributed by atoms with Crippen LogP contribution in [-0.4, -0.2) is 54.3 Å². The maximum Gasteiger partial charge on any atom is 0.260 e. The first kappa shape index (κ1) is 12.5. The van der Waals surface area contributed by atoms with E-state index < -0.39 is 10.0 Å². The van der Waals surface area contributed by atoms with Crippen molar-refractivity contribution in [2.24, 2.45) is 0 Å². The number of methoxy groups -OCH3 is 1. The maximum absolute atomic E-state index is 12.2. The van der Waals surface area contributed by atoms with E-state index in [4.69, 9.17) is 9.84 Å². The van der Waals surface area contributed by atoms with E-state index in [1.54, 1.807) is 7.11 Å². The summed E-state index contributed by atoms with van der Waals surface area (Å²) in [6.45, 7) is 0.403. The average molecular weight is 261 g/mol. The fourth-order valence-electron chi connectivity index (χ4n) is 1.87. The number of aliphatic hydroxyl groups is 1. The van der Waals surface area contributed by atoms with Crippen LogP contribution in [0.15, 0.2) is 11.2 Å². The summed E-state index contributed by atoms with van der Waals surface area (Å²) in [6.07, 6.45) is 1.93. The summed E-state index contributed by atoms with van der Waals surface area (Å²) in [5, 5.41) is 15.1. The lowest BCUT2D eigenvalue weighted by atomic mass is 10.3. The van der Waals surface area contributed by atoms with Gasteiger partial charge in [-0.2, -0.15) is 9.40 Å². The SMILES string of the molecule is COC1CCN(S(=O)(=O)c2[nH]ncc2CO)C1. The lowest BCUT2D eigenvalue weighted by molar-refractivity contribution is 0.115. The van der Waals surface area contributed by atoms with Crippen molar-refractivity contribution in [2.75, 3.05) is 20.2 Å². The van der Waals surface area contributed by atoms with Crippen molar-refractivity contribution in [3.63, 3.8) is 0 Å². The molecule has 17 heavy (non-hydrogen) atoms. The monoisotopic (exact) mass is 261 g/mol. The lowest BCUT2D eigenvalue weighted by Gasteiger charge is -2.15. The normalized spacial score (nSPS) is 22.1. The number of nitrogens with zero attached hydrogens (tertiary/aromatic N) is 2. The zero-order valence-corrected chi connectivity index (χ0v) is 10.3. The van der Waals surface area contributed by atoms with Crippen LogP contribution in [0.4, 0.5) is 0 Å². The average Bonchev–Trinajstić information content (AvgIpc) is 2.97. The minimum Gasteiger partial charge on any atom is -0.392 e. The lowest BCUT2D eigenvalue weighted by Crippen LogP contribution is -2.31. The molecule has 1 aliphatic heterocycles. The molecule has 2 heterocycles. The Labute approximate surface area is 99.4 Å². The van der Waals surface area contributed by atoms with Crippen LogP contribution in [0, 0.1) is 0 Å². The molecular formula is C9H15N3O4S. The third-order valence-corrected chi connectivity index (χ3v) is 4.77. The summed E-state index contributed by atoms with van der Waals surface area (Å²) in [7, 11) is -2.04. The van der Waals surface area contributed by atoms with Gasteiger partial charge in [0, 0.05) is 25.8 Å². The van der Waals surface area contributed by atoms with E-state index in [2.05, 4.69) is 10.2 Å². The Hall–Kier alpha value is -0.960. The zero-order chi connectivity index (χ0) is 12.5. The molecule has 0 aromatic carbocycles. The highest BCUT2D eigenvalue weighted by Gasteiger charge is 2.34. The Bertz CT molecular complexity index is 484. The number of aromatic nitrogens is 2. The van der Waals surface area contributed by atoms with E-state index in [-0.39, 0.29) is 23.3 Å². The molecule has 1 atom stereocenters. The van der Waals surface area contributed by atoms with Gasteiger partial charge in [0.1, 0.15) is 0 Å². The molecule has 1 fully saturated rings. The number of aliphatic hydroxyl groups excluding tert-OH is 1. The molecule has 1 aromatic rings. The maximum atomic E-state index is 12.2. The standard InChI is InChI=1S/C9H15N3O4S/c1-16-8-2-3-12(5-8)17(14,15)9-7(6-13)4-10-11-9/h4,8,13H,2-3,5-6H2,1H3,(H,10,11). The van der Waals surface area contributed by atoms with Gasteiger partial charge in [0.25, 0.3) is 10.0 Å². The van der Waals surface area contributed by atoms with Gasteiger partial charge >= 0.3 is 0 Å². The molecular weight excluding hydrogens is 246 g/mol. The third-order valence-electron chi connectivity index (χ3n) is 2.89. The molecule has 1 unspecified atom stereocenters. The molecule has 0 aliphatic carbocycles. The molecule has 2 N–H and O–H groups in total. The van der Waals surface area contributed by atoms with E-state index in [0.29, 0.717) is 19.5 Å². The topological polar surface area (TPSA) is 95.5 Å². The van der Waals surface area contributed by atoms with Crippen molar-refractivity contribution >= 4 is 10.0 Å². The van der Waals surface area contributed by atoms with Crippen LogP contribution in [0.5, 0.6) is 0 Å². The first-order valence-electron chi connectivity index (χ1n) is 5.25. The number of aromatic amines is 1. The highest BCUT2D eigenvalue weighted by atomic mass is 32.2. The van der Waals surface area contributed by atoms with Gasteiger partial charge in [-0.25, -0.2) is 8.42 Å². The number of hydrogen-bond donors (Lipinski definition) is 2. The van der Waals surface area contributed by atoms with E-state index in [1.165, 1.54) is 10.5 Å². The van der Waals surface area contributed by atoms with Gasteiger partial charge in [-0.05, 0) is 6.42 Å². The predicted octanol–water partition coefficient (Wildman–Crippen LogP) is -0.689. The fourth-order valence-corrected chi connectivity index (χ4v) is 3.46. The molecule has 7 nitrogen and oxygen atoms in total. The Kier molecular flexibility index (Phi) is 3.48. The molecule has 0 amide bonds. The summed E-state index contributed by atoms with van der Waals surface area (Å²) in [5.74, 6) is 0. The zero-order valence-electron chi connectivity index (χ0n) is 9.46. The molecule has 1 aliphatic rings. The predicted molar refractivity (Wildman–Crippen MR) is 58.7 cm³/mol. The van der Waals surface area contributed by atoms with E-state index in [1.807, 2.05) is 0 Å². The summed E-state index contributed by atoms with van der Waals surface area (Å²) in [5.41, 5.74) is 0.283. The molecule has 0 radical (unpaired) electrons. The minimum absolute atomic E-state index is 0.0308.